The van der Waals surface area contributed by atoms with E-state index in [9.17, 15) is 4.79 Å². The van der Waals surface area contributed by atoms with Crippen LogP contribution >= 0.6 is 11.6 Å². The first-order chi connectivity index (χ1) is 7.68. The van der Waals surface area contributed by atoms with Crippen LogP contribution in [0.4, 0.5) is 4.79 Å². The van der Waals surface area contributed by atoms with Gasteiger partial charge in [-0.05, 0) is 13.3 Å². The van der Waals surface area contributed by atoms with E-state index in [0.29, 0.717) is 6.61 Å². The van der Waals surface area contributed by atoms with Crippen LogP contribution in [-0.2, 0) is 14.2 Å². The summed E-state index contributed by atoms with van der Waals surface area (Å²) < 4.78 is 14.7. The molecule has 0 bridgehead atoms. The molecular weight excluding hydrogens is 234 g/mol. The summed E-state index contributed by atoms with van der Waals surface area (Å²) >= 11 is 5.46. The Bertz CT molecular complexity index is 207. The highest BCUT2D eigenvalue weighted by molar-refractivity contribution is 6.19. The molecule has 0 N–H and O–H groups in total. The van der Waals surface area contributed by atoms with Crippen LogP contribution in [-0.4, -0.2) is 56.1 Å². The fourth-order valence-electron chi connectivity index (χ4n) is 1.44. The Labute approximate surface area is 101 Å². The zero-order valence-electron chi connectivity index (χ0n) is 9.49. The second kappa shape index (κ2) is 7.70. The summed E-state index contributed by atoms with van der Waals surface area (Å²) in [5, 5.41) is 0. The SMILES string of the molecule is CC(Cl)OC(=O)OCCCN1CCOCC1. The van der Waals surface area contributed by atoms with E-state index in [2.05, 4.69) is 9.64 Å². The molecule has 6 heteroatoms. The molecule has 0 aromatic rings. The second-order valence-electron chi connectivity index (χ2n) is 3.57. The molecule has 0 saturated carbocycles. The minimum Gasteiger partial charge on any atom is -0.434 e. The van der Waals surface area contributed by atoms with E-state index in [1.54, 1.807) is 6.92 Å². The molecule has 1 unspecified atom stereocenters. The van der Waals surface area contributed by atoms with E-state index in [1.165, 1.54) is 0 Å². The number of rotatable bonds is 5. The summed E-state index contributed by atoms with van der Waals surface area (Å²) in [6.45, 7) is 6.30. The van der Waals surface area contributed by atoms with Crippen molar-refractivity contribution in [2.24, 2.45) is 0 Å². The lowest BCUT2D eigenvalue weighted by Gasteiger charge is -2.26. The van der Waals surface area contributed by atoms with Gasteiger partial charge in [-0.15, -0.1) is 0 Å². The number of nitrogens with zero attached hydrogens (tertiary/aromatic N) is 1. The molecule has 1 atom stereocenters. The Balaban J connectivity index is 1.96. The largest absolute Gasteiger partial charge is 0.509 e. The van der Waals surface area contributed by atoms with Crippen LogP contribution in [0.15, 0.2) is 0 Å². The van der Waals surface area contributed by atoms with Gasteiger partial charge in [0, 0.05) is 19.6 Å². The number of ether oxygens (including phenoxy) is 3. The molecule has 1 aliphatic rings. The van der Waals surface area contributed by atoms with Gasteiger partial charge in [0.05, 0.1) is 19.8 Å². The van der Waals surface area contributed by atoms with Gasteiger partial charge in [0.15, 0.2) is 5.56 Å². The third-order valence-electron chi connectivity index (χ3n) is 2.20. The van der Waals surface area contributed by atoms with E-state index >= 15 is 0 Å². The predicted octanol–water partition coefficient (Wildman–Crippen LogP) is 1.45. The molecule has 0 aromatic carbocycles. The summed E-state index contributed by atoms with van der Waals surface area (Å²) in [5.74, 6) is 0. The molecule has 0 spiro atoms. The lowest BCUT2D eigenvalue weighted by atomic mass is 10.3. The maximum Gasteiger partial charge on any atom is 0.509 e. The summed E-state index contributed by atoms with van der Waals surface area (Å²) in [4.78, 5) is 13.2. The Morgan fingerprint density at radius 1 is 1.50 bits per heavy atom. The smallest absolute Gasteiger partial charge is 0.434 e. The number of halogens is 1. The number of hydrogen-bond donors (Lipinski definition) is 0. The molecule has 94 valence electrons. The molecule has 16 heavy (non-hydrogen) atoms. The van der Waals surface area contributed by atoms with Crippen LogP contribution in [0.3, 0.4) is 0 Å². The van der Waals surface area contributed by atoms with Gasteiger partial charge in [0.2, 0.25) is 0 Å². The van der Waals surface area contributed by atoms with Gasteiger partial charge < -0.3 is 14.2 Å². The minimum absolute atomic E-state index is 0.361. The van der Waals surface area contributed by atoms with Crippen molar-refractivity contribution < 1.29 is 19.0 Å². The second-order valence-corrected chi connectivity index (χ2v) is 4.18. The van der Waals surface area contributed by atoms with Crippen molar-refractivity contribution in [3.8, 4) is 0 Å². The predicted molar refractivity (Wildman–Crippen MR) is 59.6 cm³/mol. The molecule has 1 saturated heterocycles. The summed E-state index contributed by atoms with van der Waals surface area (Å²) in [6, 6.07) is 0. The van der Waals surface area contributed by atoms with Gasteiger partial charge in [-0.1, -0.05) is 11.6 Å². The van der Waals surface area contributed by atoms with Crippen LogP contribution in [0.1, 0.15) is 13.3 Å². The zero-order valence-corrected chi connectivity index (χ0v) is 10.2. The van der Waals surface area contributed by atoms with E-state index in [4.69, 9.17) is 21.1 Å². The highest BCUT2D eigenvalue weighted by atomic mass is 35.5. The summed E-state index contributed by atoms with van der Waals surface area (Å²) in [7, 11) is 0. The number of hydrogen-bond acceptors (Lipinski definition) is 5. The van der Waals surface area contributed by atoms with Crippen LogP contribution < -0.4 is 0 Å². The van der Waals surface area contributed by atoms with Crippen molar-refractivity contribution in [2.75, 3.05) is 39.5 Å². The van der Waals surface area contributed by atoms with Gasteiger partial charge >= 0.3 is 6.16 Å². The van der Waals surface area contributed by atoms with E-state index < -0.39 is 11.7 Å². The highest BCUT2D eigenvalue weighted by Gasteiger charge is 2.11. The average Bonchev–Trinajstić information content (AvgIpc) is 2.25. The van der Waals surface area contributed by atoms with Gasteiger partial charge in [-0.2, -0.15) is 0 Å². The van der Waals surface area contributed by atoms with E-state index in [-0.39, 0.29) is 0 Å². The van der Waals surface area contributed by atoms with Crippen molar-refractivity contribution >= 4 is 17.8 Å². The summed E-state index contributed by atoms with van der Waals surface area (Å²) in [5.41, 5.74) is -0.647. The number of carbonyl (C=O) groups is 1. The van der Waals surface area contributed by atoms with Crippen molar-refractivity contribution in [2.45, 2.75) is 18.9 Å². The monoisotopic (exact) mass is 251 g/mol. The van der Waals surface area contributed by atoms with Gasteiger partial charge in [0.1, 0.15) is 0 Å². The fraction of sp³-hybridized carbons (Fsp3) is 0.900. The molecule has 0 radical (unpaired) electrons. The van der Waals surface area contributed by atoms with Gasteiger partial charge in [-0.25, -0.2) is 4.79 Å². The number of alkyl halides is 1. The first-order valence-electron chi connectivity index (χ1n) is 5.46. The molecule has 5 nitrogen and oxygen atoms in total. The summed E-state index contributed by atoms with van der Waals surface area (Å²) in [6.07, 6.45) is 0.0932. The molecule has 0 aromatic heterocycles. The number of morpholine rings is 1. The van der Waals surface area contributed by atoms with Crippen LogP contribution in [0.5, 0.6) is 0 Å². The molecule has 1 fully saturated rings. The van der Waals surface area contributed by atoms with Crippen molar-refractivity contribution in [1.29, 1.82) is 0 Å². The van der Waals surface area contributed by atoms with Gasteiger partial charge in [0.25, 0.3) is 0 Å². The Kier molecular flexibility index (Phi) is 6.52. The van der Waals surface area contributed by atoms with E-state index in [0.717, 1.165) is 39.3 Å². The first-order valence-corrected chi connectivity index (χ1v) is 5.89. The third kappa shape index (κ3) is 6.15. The Morgan fingerprint density at radius 3 is 2.81 bits per heavy atom. The molecule has 1 heterocycles. The van der Waals surface area contributed by atoms with Crippen molar-refractivity contribution in [1.82, 2.24) is 4.90 Å². The van der Waals surface area contributed by atoms with Crippen LogP contribution in [0.2, 0.25) is 0 Å². The quantitative estimate of drug-likeness (QED) is 0.421. The molecule has 0 amide bonds. The molecular formula is C10H18ClNO4. The molecule has 1 rings (SSSR count). The highest BCUT2D eigenvalue weighted by Crippen LogP contribution is 2.01. The third-order valence-corrected chi connectivity index (χ3v) is 2.29. The van der Waals surface area contributed by atoms with Crippen LogP contribution in [0, 0.1) is 0 Å². The topological polar surface area (TPSA) is 48.0 Å². The zero-order chi connectivity index (χ0) is 11.8. The lowest BCUT2D eigenvalue weighted by molar-refractivity contribution is 0.0269. The van der Waals surface area contributed by atoms with E-state index in [1.807, 2.05) is 0 Å². The van der Waals surface area contributed by atoms with Gasteiger partial charge in [-0.3, -0.25) is 4.90 Å². The maximum atomic E-state index is 10.9. The number of carbonyl (C=O) groups excluding carboxylic acids is 1. The minimum atomic E-state index is -0.704. The first kappa shape index (κ1) is 13.5. The normalized spacial score (nSPS) is 19.1. The fourth-order valence-corrected chi connectivity index (χ4v) is 1.51. The standard InChI is InChI=1S/C10H18ClNO4/c1-9(11)16-10(13)15-6-2-3-12-4-7-14-8-5-12/h9H,2-8H2,1H3. The van der Waals surface area contributed by atoms with Crippen LogP contribution in [0.25, 0.3) is 0 Å². The Morgan fingerprint density at radius 2 is 2.19 bits per heavy atom. The maximum absolute atomic E-state index is 10.9. The van der Waals surface area contributed by atoms with Crippen molar-refractivity contribution in [3.05, 3.63) is 0 Å². The van der Waals surface area contributed by atoms with Crippen molar-refractivity contribution in [3.63, 3.8) is 0 Å². The molecule has 0 aliphatic carbocycles. The molecule has 1 aliphatic heterocycles. The lowest BCUT2D eigenvalue weighted by Crippen LogP contribution is -2.37. The Hall–Kier alpha value is -0.520. The average molecular weight is 252 g/mol.